The Morgan fingerprint density at radius 1 is 1.13 bits per heavy atom. The van der Waals surface area contributed by atoms with Crippen LogP contribution in [-0.4, -0.2) is 36.8 Å². The van der Waals surface area contributed by atoms with Crippen molar-refractivity contribution < 1.29 is 14.1 Å². The van der Waals surface area contributed by atoms with Crippen LogP contribution in [0.15, 0.2) is 41.1 Å². The molecule has 0 bridgehead atoms. The molecule has 30 heavy (non-hydrogen) atoms. The Hall–Kier alpha value is -4.08. The monoisotopic (exact) mass is 403 g/mol. The highest BCUT2D eigenvalue weighted by molar-refractivity contribution is 6.07. The van der Waals surface area contributed by atoms with Crippen molar-refractivity contribution in [2.75, 3.05) is 0 Å². The van der Waals surface area contributed by atoms with Crippen LogP contribution in [0.5, 0.6) is 0 Å². The van der Waals surface area contributed by atoms with Gasteiger partial charge in [-0.15, -0.1) is 0 Å². The lowest BCUT2D eigenvalue weighted by atomic mass is 9.91. The van der Waals surface area contributed by atoms with Gasteiger partial charge >= 0.3 is 6.03 Å². The van der Waals surface area contributed by atoms with Crippen molar-refractivity contribution in [2.45, 2.75) is 19.4 Å². The van der Waals surface area contributed by atoms with Gasteiger partial charge in [0.05, 0.1) is 11.3 Å². The highest BCUT2D eigenvalue weighted by Gasteiger charge is 2.43. The molecular weight excluding hydrogens is 386 g/mol. The first-order chi connectivity index (χ1) is 14.3. The Bertz CT molecular complexity index is 1320. The summed E-state index contributed by atoms with van der Waals surface area (Å²) in [4.78, 5) is 32.5. The molecule has 3 aromatic heterocycles. The summed E-state index contributed by atoms with van der Waals surface area (Å²) < 4.78 is 7.16. The Kier molecular flexibility index (Phi) is 3.72. The van der Waals surface area contributed by atoms with Gasteiger partial charge in [-0.05, 0) is 25.5 Å². The molecule has 2 N–H and O–H groups in total. The van der Waals surface area contributed by atoms with E-state index < -0.39 is 17.5 Å². The minimum absolute atomic E-state index is 0.348. The van der Waals surface area contributed by atoms with Gasteiger partial charge in [0.15, 0.2) is 5.65 Å². The molecule has 1 saturated heterocycles. The molecule has 150 valence electrons. The second kappa shape index (κ2) is 6.21. The summed E-state index contributed by atoms with van der Waals surface area (Å²) in [5.41, 5.74) is 2.61. The quantitative estimate of drug-likeness (QED) is 0.501. The number of aryl methyl sites for hydroxylation is 2. The van der Waals surface area contributed by atoms with E-state index >= 15 is 0 Å². The third-order valence-corrected chi connectivity index (χ3v) is 5.30. The van der Waals surface area contributed by atoms with Crippen LogP contribution < -0.4 is 10.6 Å². The number of rotatable bonds is 3. The lowest BCUT2D eigenvalue weighted by Crippen LogP contribution is -2.40. The second-order valence-corrected chi connectivity index (χ2v) is 7.34. The predicted molar refractivity (Wildman–Crippen MR) is 106 cm³/mol. The normalized spacial score (nSPS) is 18.6. The zero-order chi connectivity index (χ0) is 21.0. The van der Waals surface area contributed by atoms with Crippen molar-refractivity contribution in [1.29, 1.82) is 0 Å². The third-order valence-electron chi connectivity index (χ3n) is 5.30. The van der Waals surface area contributed by atoms with Gasteiger partial charge in [-0.3, -0.25) is 14.8 Å². The number of pyridine rings is 1. The summed E-state index contributed by atoms with van der Waals surface area (Å²) in [5, 5.41) is 14.2. The summed E-state index contributed by atoms with van der Waals surface area (Å²) >= 11 is 0. The van der Waals surface area contributed by atoms with Gasteiger partial charge in [-0.25, -0.2) is 9.78 Å². The van der Waals surface area contributed by atoms with E-state index in [0.29, 0.717) is 28.4 Å². The van der Waals surface area contributed by atoms with Gasteiger partial charge < -0.3 is 9.84 Å². The maximum Gasteiger partial charge on any atom is 0.322 e. The molecule has 1 fully saturated rings. The number of nitrogens with one attached hydrogen (secondary N) is 2. The van der Waals surface area contributed by atoms with Crippen molar-refractivity contribution in [3.05, 3.63) is 47.8 Å². The fourth-order valence-corrected chi connectivity index (χ4v) is 3.58. The number of imide groups is 1. The van der Waals surface area contributed by atoms with E-state index in [4.69, 9.17) is 4.52 Å². The molecule has 1 aliphatic heterocycles. The largest absolute Gasteiger partial charge is 0.334 e. The van der Waals surface area contributed by atoms with Gasteiger partial charge in [-0.1, -0.05) is 29.4 Å². The van der Waals surface area contributed by atoms with Gasteiger partial charge in [-0.2, -0.15) is 10.1 Å². The van der Waals surface area contributed by atoms with Gasteiger partial charge in [0.25, 0.3) is 11.8 Å². The van der Waals surface area contributed by atoms with E-state index in [1.54, 1.807) is 42.1 Å². The minimum atomic E-state index is -1.11. The number of benzene rings is 1. The average Bonchev–Trinajstić information content (AvgIpc) is 3.40. The summed E-state index contributed by atoms with van der Waals surface area (Å²) in [7, 11) is 1.84. The van der Waals surface area contributed by atoms with Crippen LogP contribution in [0.1, 0.15) is 18.2 Å². The van der Waals surface area contributed by atoms with E-state index in [-0.39, 0.29) is 0 Å². The van der Waals surface area contributed by atoms with E-state index in [1.165, 1.54) is 0 Å². The highest BCUT2D eigenvalue weighted by atomic mass is 16.5. The van der Waals surface area contributed by atoms with E-state index in [2.05, 4.69) is 30.9 Å². The molecule has 0 radical (unpaired) electrons. The Morgan fingerprint density at radius 3 is 2.60 bits per heavy atom. The number of nitrogens with zero attached hydrogens (tertiary/aromatic N) is 5. The van der Waals surface area contributed by atoms with Crippen molar-refractivity contribution in [3.63, 3.8) is 0 Å². The van der Waals surface area contributed by atoms with Crippen LogP contribution in [0.25, 0.3) is 33.9 Å². The maximum atomic E-state index is 12.1. The summed E-state index contributed by atoms with van der Waals surface area (Å²) in [6, 6.07) is 8.47. The molecule has 0 saturated carbocycles. The van der Waals surface area contributed by atoms with Crippen molar-refractivity contribution in [3.8, 4) is 22.8 Å². The predicted octanol–water partition coefficient (Wildman–Crippen LogP) is 2.05. The number of amides is 3. The SMILES string of the molecule is Cc1nn(C)c2ncc(-c3nc(-c4ccc(C5(C)NC(=O)NC5=O)cc4)no3)cc12. The molecule has 1 unspecified atom stereocenters. The van der Waals surface area contributed by atoms with Gasteiger partial charge in [0.1, 0.15) is 5.54 Å². The molecule has 10 heteroatoms. The zero-order valence-corrected chi connectivity index (χ0v) is 16.4. The van der Waals surface area contributed by atoms with E-state index in [9.17, 15) is 9.59 Å². The first-order valence-corrected chi connectivity index (χ1v) is 9.23. The zero-order valence-electron chi connectivity index (χ0n) is 16.4. The smallest absolute Gasteiger partial charge is 0.322 e. The summed E-state index contributed by atoms with van der Waals surface area (Å²) in [6.45, 7) is 3.57. The molecule has 0 spiro atoms. The van der Waals surface area contributed by atoms with Gasteiger partial charge in [0.2, 0.25) is 5.82 Å². The maximum absolute atomic E-state index is 12.1. The Balaban J connectivity index is 1.45. The molecule has 1 atom stereocenters. The van der Waals surface area contributed by atoms with E-state index in [0.717, 1.165) is 16.7 Å². The highest BCUT2D eigenvalue weighted by Crippen LogP contribution is 2.28. The van der Waals surface area contributed by atoms with Crippen molar-refractivity contribution in [2.24, 2.45) is 7.05 Å². The molecule has 4 aromatic rings. The van der Waals surface area contributed by atoms with Crippen LogP contribution in [0, 0.1) is 6.92 Å². The second-order valence-electron chi connectivity index (χ2n) is 7.34. The summed E-state index contributed by atoms with van der Waals surface area (Å²) in [6.07, 6.45) is 1.67. The minimum Gasteiger partial charge on any atom is -0.334 e. The molecular formula is C20H17N7O3. The number of hydrogen-bond acceptors (Lipinski definition) is 7. The Labute approximate surface area is 170 Å². The van der Waals surface area contributed by atoms with Crippen LogP contribution in [0.2, 0.25) is 0 Å². The molecule has 1 aliphatic rings. The number of fused-ring (bicyclic) bond motifs is 1. The molecule has 0 aliphatic carbocycles. The molecule has 4 heterocycles. The topological polar surface area (TPSA) is 128 Å². The standard InChI is InChI=1S/C20H17N7O3/c1-10-14-8-12(9-21-16(14)27(3)25-10)17-22-15(26-30-17)11-4-6-13(7-5-11)20(2)18(28)23-19(29)24-20/h4-9H,1-3H3,(H2,23,24,28,29). The molecule has 1 aromatic carbocycles. The third kappa shape index (κ3) is 2.65. The lowest BCUT2D eigenvalue weighted by molar-refractivity contribution is -0.123. The van der Waals surface area contributed by atoms with Crippen molar-refractivity contribution >= 4 is 23.0 Å². The fraction of sp³-hybridized carbons (Fsp3) is 0.200. The van der Waals surface area contributed by atoms with Crippen LogP contribution in [-0.2, 0) is 17.4 Å². The fourth-order valence-electron chi connectivity index (χ4n) is 3.58. The molecule has 5 rings (SSSR count). The average molecular weight is 403 g/mol. The number of carbonyl (C=O) groups is 2. The van der Waals surface area contributed by atoms with Gasteiger partial charge in [0, 0.05) is 24.2 Å². The summed E-state index contributed by atoms with van der Waals surface area (Å²) in [5.74, 6) is 0.362. The molecule has 10 nitrogen and oxygen atoms in total. The number of carbonyl (C=O) groups excluding carboxylic acids is 2. The Morgan fingerprint density at radius 2 is 1.90 bits per heavy atom. The van der Waals surface area contributed by atoms with E-state index in [1.807, 2.05) is 20.0 Å². The first kappa shape index (κ1) is 18.0. The lowest BCUT2D eigenvalue weighted by Gasteiger charge is -2.20. The molecule has 3 amide bonds. The van der Waals surface area contributed by atoms with Crippen LogP contribution in [0.4, 0.5) is 4.79 Å². The van der Waals surface area contributed by atoms with Crippen molar-refractivity contribution in [1.82, 2.24) is 35.5 Å². The van der Waals surface area contributed by atoms with Crippen LogP contribution >= 0.6 is 0 Å². The van der Waals surface area contributed by atoms with Crippen LogP contribution in [0.3, 0.4) is 0 Å². The number of urea groups is 1. The number of aromatic nitrogens is 5. The first-order valence-electron chi connectivity index (χ1n) is 9.23. The number of hydrogen-bond donors (Lipinski definition) is 2.